The molecule has 0 radical (unpaired) electrons. The fourth-order valence-electron chi connectivity index (χ4n) is 2.98. The van der Waals surface area contributed by atoms with Crippen LogP contribution >= 0.6 is 0 Å². The highest BCUT2D eigenvalue weighted by atomic mass is 19.4. The first kappa shape index (κ1) is 23.3. The number of amides is 1. The Labute approximate surface area is 176 Å². The third kappa shape index (κ3) is 5.68. The zero-order valence-corrected chi connectivity index (χ0v) is 16.4. The van der Waals surface area contributed by atoms with Crippen LogP contribution in [0.3, 0.4) is 0 Å². The van der Waals surface area contributed by atoms with Crippen LogP contribution < -0.4 is 15.8 Å². The van der Waals surface area contributed by atoms with Gasteiger partial charge in [0, 0.05) is 38.1 Å². The lowest BCUT2D eigenvalue weighted by atomic mass is 10.1. The Balaban J connectivity index is 1.46. The highest BCUT2D eigenvalue weighted by molar-refractivity contribution is 5.68. The van der Waals surface area contributed by atoms with Crippen molar-refractivity contribution in [3.63, 3.8) is 0 Å². The van der Waals surface area contributed by atoms with Gasteiger partial charge in [0.1, 0.15) is 11.7 Å². The van der Waals surface area contributed by atoms with E-state index in [1.54, 1.807) is 4.90 Å². The number of alkyl halides is 6. The van der Waals surface area contributed by atoms with Gasteiger partial charge in [0.15, 0.2) is 0 Å². The molecule has 2 aromatic rings. The van der Waals surface area contributed by atoms with Crippen molar-refractivity contribution >= 4 is 12.0 Å². The van der Waals surface area contributed by atoms with Crippen molar-refractivity contribution in [3.8, 4) is 0 Å². The number of aromatic amines is 1. The summed E-state index contributed by atoms with van der Waals surface area (Å²) >= 11 is 0. The minimum absolute atomic E-state index is 0.0660. The van der Waals surface area contributed by atoms with Gasteiger partial charge >= 0.3 is 18.4 Å². The molecule has 32 heavy (non-hydrogen) atoms. The minimum atomic E-state index is -4.81. The Hall–Kier alpha value is -3.32. The molecule has 8 nitrogen and oxygen atoms in total. The number of rotatable bonds is 5. The fourth-order valence-corrected chi connectivity index (χ4v) is 2.98. The molecule has 0 unspecified atom stereocenters. The molecule has 0 saturated carbocycles. The van der Waals surface area contributed by atoms with Crippen molar-refractivity contribution in [1.29, 1.82) is 0 Å². The quantitative estimate of drug-likeness (QED) is 0.659. The van der Waals surface area contributed by atoms with Crippen LogP contribution in [0.4, 0.5) is 37.1 Å². The summed E-state index contributed by atoms with van der Waals surface area (Å²) in [6, 6.07) is 0.329. The number of halogens is 6. The number of pyridine rings is 1. The molecular weight excluding hydrogens is 448 g/mol. The summed E-state index contributed by atoms with van der Waals surface area (Å²) < 4.78 is 81.2. The first-order valence-corrected chi connectivity index (χ1v) is 9.23. The maximum Gasteiger partial charge on any atom is 0.421 e. The van der Waals surface area contributed by atoms with Gasteiger partial charge in [-0.1, -0.05) is 0 Å². The smallest absolute Gasteiger partial charge is 0.421 e. The van der Waals surface area contributed by atoms with Crippen molar-refractivity contribution in [3.05, 3.63) is 51.7 Å². The predicted molar refractivity (Wildman–Crippen MR) is 97.9 cm³/mol. The minimum Gasteiger partial charge on any atom is -0.446 e. The highest BCUT2D eigenvalue weighted by Crippen LogP contribution is 2.29. The fraction of sp³-hybridized carbons (Fsp3) is 0.444. The first-order chi connectivity index (χ1) is 14.8. The molecule has 0 aromatic carbocycles. The maximum atomic E-state index is 12.8. The van der Waals surface area contributed by atoms with Gasteiger partial charge in [-0.05, 0) is 18.6 Å². The van der Waals surface area contributed by atoms with E-state index in [9.17, 15) is 35.9 Å². The number of nitrogens with one attached hydrogen (secondary N) is 2. The molecule has 1 aliphatic heterocycles. The number of hydrogen-bond donors (Lipinski definition) is 2. The van der Waals surface area contributed by atoms with Crippen molar-refractivity contribution in [2.24, 2.45) is 0 Å². The molecule has 2 aromatic heterocycles. The van der Waals surface area contributed by atoms with Crippen LogP contribution in [-0.2, 0) is 23.5 Å². The van der Waals surface area contributed by atoms with Gasteiger partial charge in [-0.3, -0.25) is 4.79 Å². The molecule has 0 spiro atoms. The molecule has 1 aliphatic rings. The predicted octanol–water partition coefficient (Wildman–Crippen LogP) is 2.75. The summed E-state index contributed by atoms with van der Waals surface area (Å²) in [7, 11) is 0. The second kappa shape index (κ2) is 8.67. The van der Waals surface area contributed by atoms with E-state index in [2.05, 4.69) is 15.3 Å². The lowest BCUT2D eigenvalue weighted by Crippen LogP contribution is -2.60. The lowest BCUT2D eigenvalue weighted by Gasteiger charge is -2.39. The third-order valence-corrected chi connectivity index (χ3v) is 4.55. The Kier molecular flexibility index (Phi) is 6.32. The summed E-state index contributed by atoms with van der Waals surface area (Å²) in [4.78, 5) is 34.1. The Morgan fingerprint density at radius 2 is 1.84 bits per heavy atom. The lowest BCUT2D eigenvalue weighted by molar-refractivity contribution is -0.139. The van der Waals surface area contributed by atoms with Gasteiger partial charge in [-0.2, -0.15) is 26.3 Å². The van der Waals surface area contributed by atoms with Crippen LogP contribution in [0.2, 0.25) is 0 Å². The Morgan fingerprint density at radius 1 is 1.22 bits per heavy atom. The van der Waals surface area contributed by atoms with E-state index >= 15 is 0 Å². The van der Waals surface area contributed by atoms with E-state index < -0.39 is 41.2 Å². The van der Waals surface area contributed by atoms with Crippen LogP contribution in [-0.4, -0.2) is 46.3 Å². The number of carbonyl (C=O) groups excluding carboxylic acids is 1. The van der Waals surface area contributed by atoms with Crippen LogP contribution in [0, 0.1) is 0 Å². The van der Waals surface area contributed by atoms with Crippen LogP contribution in [0.15, 0.2) is 29.5 Å². The second-order valence-electron chi connectivity index (χ2n) is 7.18. The van der Waals surface area contributed by atoms with Crippen LogP contribution in [0.25, 0.3) is 0 Å². The number of H-pyrrole nitrogens is 1. The molecule has 0 aliphatic carbocycles. The summed E-state index contributed by atoms with van der Waals surface area (Å²) in [5.74, 6) is 0.0799. The summed E-state index contributed by atoms with van der Waals surface area (Å²) in [6.45, 7) is 1.95. The molecule has 1 atom stereocenters. The van der Waals surface area contributed by atoms with Crippen molar-refractivity contribution < 1.29 is 35.9 Å². The SMILES string of the molecule is C[C@@H](Cc1c[nH]c(=O)c(C(F)(F)F)c1)OC(=O)NC1CN(c2ncc(C(F)(F)F)cn2)C1. The highest BCUT2D eigenvalue weighted by Gasteiger charge is 2.35. The number of aromatic nitrogens is 3. The summed E-state index contributed by atoms with van der Waals surface area (Å²) in [6.07, 6.45) is -8.57. The average Bonchev–Trinajstić information content (AvgIpc) is 2.64. The summed E-state index contributed by atoms with van der Waals surface area (Å²) in [5.41, 5.74) is -3.45. The van der Waals surface area contributed by atoms with Gasteiger partial charge < -0.3 is 19.9 Å². The number of anilines is 1. The van der Waals surface area contributed by atoms with Gasteiger partial charge in [-0.25, -0.2) is 14.8 Å². The average molecular weight is 465 g/mol. The van der Waals surface area contributed by atoms with E-state index in [4.69, 9.17) is 4.74 Å². The topological polar surface area (TPSA) is 100 Å². The monoisotopic (exact) mass is 465 g/mol. The largest absolute Gasteiger partial charge is 0.446 e. The molecule has 1 amide bonds. The van der Waals surface area contributed by atoms with E-state index in [1.807, 2.05) is 4.98 Å². The molecule has 0 bridgehead atoms. The standard InChI is InChI=1S/C18H17F6N5O3/c1-9(2-10-3-13(18(22,23)24)14(30)25-4-10)32-16(31)28-12-7-29(8-12)15-26-5-11(6-27-15)17(19,20)21/h3-6,9,12H,2,7-8H2,1H3,(H,25,30)(H,28,31)/t9-/m0/s1. The summed E-state index contributed by atoms with van der Waals surface area (Å²) in [5, 5.41) is 2.54. The first-order valence-electron chi connectivity index (χ1n) is 9.23. The maximum absolute atomic E-state index is 12.8. The number of ether oxygens (including phenoxy) is 1. The van der Waals surface area contributed by atoms with Crippen molar-refractivity contribution in [2.75, 3.05) is 18.0 Å². The molecule has 14 heteroatoms. The normalized spacial score (nSPS) is 15.8. The van der Waals surface area contributed by atoms with Crippen LogP contribution in [0.1, 0.15) is 23.6 Å². The third-order valence-electron chi connectivity index (χ3n) is 4.55. The number of nitrogens with zero attached hydrogens (tertiary/aromatic N) is 3. The number of alkyl carbamates (subject to hydrolysis) is 1. The molecule has 1 saturated heterocycles. The van der Waals surface area contributed by atoms with Crippen LogP contribution in [0.5, 0.6) is 0 Å². The van der Waals surface area contributed by atoms with Gasteiger partial charge in [0.05, 0.1) is 11.6 Å². The van der Waals surface area contributed by atoms with E-state index in [0.29, 0.717) is 18.5 Å². The van der Waals surface area contributed by atoms with E-state index in [-0.39, 0.29) is 37.1 Å². The van der Waals surface area contributed by atoms with E-state index in [1.165, 1.54) is 6.92 Å². The molecule has 1 fully saturated rings. The molecule has 174 valence electrons. The molecular formula is C18H17F6N5O3. The Bertz CT molecular complexity index is 1020. The molecule has 3 heterocycles. The van der Waals surface area contributed by atoms with Crippen molar-refractivity contribution in [2.45, 2.75) is 37.8 Å². The van der Waals surface area contributed by atoms with Gasteiger partial charge in [0.2, 0.25) is 5.95 Å². The zero-order chi connectivity index (χ0) is 23.7. The number of carbonyl (C=O) groups is 1. The molecule has 2 N–H and O–H groups in total. The molecule has 3 rings (SSSR count). The zero-order valence-electron chi connectivity index (χ0n) is 16.4. The Morgan fingerprint density at radius 3 is 2.41 bits per heavy atom. The number of hydrogen-bond acceptors (Lipinski definition) is 6. The van der Waals surface area contributed by atoms with E-state index in [0.717, 1.165) is 6.20 Å². The van der Waals surface area contributed by atoms with Gasteiger partial charge in [0.25, 0.3) is 5.56 Å². The van der Waals surface area contributed by atoms with Crippen molar-refractivity contribution in [1.82, 2.24) is 20.3 Å². The van der Waals surface area contributed by atoms with Gasteiger partial charge in [-0.15, -0.1) is 0 Å². The second-order valence-corrected chi connectivity index (χ2v) is 7.18.